The minimum atomic E-state index is 0.546. The van der Waals surface area contributed by atoms with Gasteiger partial charge in [0.25, 0.3) is 0 Å². The molecule has 3 nitrogen and oxygen atoms in total. The Hall–Kier alpha value is -0.930. The molecule has 0 unspecified atom stereocenters. The zero-order valence-electron chi connectivity index (χ0n) is 9.16. The highest BCUT2D eigenvalue weighted by Gasteiger charge is 1.98. The van der Waals surface area contributed by atoms with Crippen LogP contribution in [0.4, 0.5) is 0 Å². The van der Waals surface area contributed by atoms with Gasteiger partial charge in [0.15, 0.2) is 0 Å². The molecule has 78 valence electrons. The van der Waals surface area contributed by atoms with Gasteiger partial charge in [0.1, 0.15) is 6.61 Å². The molecule has 0 spiro atoms. The van der Waals surface area contributed by atoms with Crippen LogP contribution in [0.2, 0.25) is 0 Å². The molecule has 0 N–H and O–H groups in total. The lowest BCUT2D eigenvalue weighted by Crippen LogP contribution is -2.12. The zero-order valence-corrected chi connectivity index (χ0v) is 9.16. The van der Waals surface area contributed by atoms with Crippen molar-refractivity contribution in [3.8, 4) is 0 Å². The first-order chi connectivity index (χ1) is 6.72. The number of hydroxylamine groups is 2. The molecule has 0 aliphatic carbocycles. The van der Waals surface area contributed by atoms with Crippen molar-refractivity contribution in [1.29, 1.82) is 0 Å². The number of hydrogen-bond donors (Lipinski definition) is 0. The third-order valence-corrected chi connectivity index (χ3v) is 1.84. The van der Waals surface area contributed by atoms with Gasteiger partial charge in [-0.2, -0.15) is 5.06 Å². The summed E-state index contributed by atoms with van der Waals surface area (Å²) >= 11 is 0. The average Bonchev–Trinajstić information content (AvgIpc) is 2.16. The Labute approximate surface area is 85.7 Å². The van der Waals surface area contributed by atoms with E-state index in [1.54, 1.807) is 5.06 Å². The van der Waals surface area contributed by atoms with Crippen LogP contribution >= 0.6 is 0 Å². The molecule has 0 aliphatic rings. The highest BCUT2D eigenvalue weighted by molar-refractivity contribution is 5.10. The maximum Gasteiger partial charge on any atom is 0.111 e. The summed E-state index contributed by atoms with van der Waals surface area (Å²) in [7, 11) is 3.74. The van der Waals surface area contributed by atoms with E-state index in [1.165, 1.54) is 0 Å². The average molecular weight is 194 g/mol. The number of hydrogen-bond acceptors (Lipinski definition) is 3. The van der Waals surface area contributed by atoms with Crippen molar-refractivity contribution < 1.29 is 4.84 Å². The van der Waals surface area contributed by atoms with Crippen LogP contribution in [0.15, 0.2) is 18.2 Å². The molecule has 0 saturated heterocycles. The SMILES string of the molecule is CCCc1cccc(CON(C)C)n1. The summed E-state index contributed by atoms with van der Waals surface area (Å²) in [5.41, 5.74) is 2.14. The van der Waals surface area contributed by atoms with Crippen LogP contribution in [-0.4, -0.2) is 24.1 Å². The van der Waals surface area contributed by atoms with Gasteiger partial charge in [-0.25, -0.2) is 0 Å². The molecule has 0 fully saturated rings. The Bertz CT molecular complexity index is 274. The van der Waals surface area contributed by atoms with E-state index in [2.05, 4.69) is 18.0 Å². The van der Waals surface area contributed by atoms with E-state index in [4.69, 9.17) is 4.84 Å². The molecule has 0 amide bonds. The topological polar surface area (TPSA) is 25.4 Å². The highest BCUT2D eigenvalue weighted by Crippen LogP contribution is 2.03. The Morgan fingerprint density at radius 1 is 1.29 bits per heavy atom. The summed E-state index contributed by atoms with van der Waals surface area (Å²) in [6.45, 7) is 2.70. The van der Waals surface area contributed by atoms with E-state index < -0.39 is 0 Å². The van der Waals surface area contributed by atoms with E-state index >= 15 is 0 Å². The predicted octanol–water partition coefficient (Wildman–Crippen LogP) is 2.03. The molecule has 0 aromatic carbocycles. The molecule has 1 aromatic heterocycles. The number of nitrogens with zero attached hydrogens (tertiary/aromatic N) is 2. The molecule has 14 heavy (non-hydrogen) atoms. The normalized spacial score (nSPS) is 10.9. The molecular weight excluding hydrogens is 176 g/mol. The van der Waals surface area contributed by atoms with Gasteiger partial charge in [0.2, 0.25) is 0 Å². The number of rotatable bonds is 5. The third-order valence-electron chi connectivity index (χ3n) is 1.84. The fourth-order valence-electron chi connectivity index (χ4n) is 1.20. The third kappa shape index (κ3) is 3.85. The molecular formula is C11H18N2O. The molecule has 0 radical (unpaired) electrons. The Morgan fingerprint density at radius 2 is 2.00 bits per heavy atom. The second kappa shape index (κ2) is 5.73. The summed E-state index contributed by atoms with van der Waals surface area (Å²) in [5, 5.41) is 1.69. The van der Waals surface area contributed by atoms with Gasteiger partial charge in [-0.15, -0.1) is 0 Å². The second-order valence-electron chi connectivity index (χ2n) is 3.46. The number of pyridine rings is 1. The monoisotopic (exact) mass is 194 g/mol. The zero-order chi connectivity index (χ0) is 10.4. The Balaban J connectivity index is 2.54. The van der Waals surface area contributed by atoms with Gasteiger partial charge >= 0.3 is 0 Å². The van der Waals surface area contributed by atoms with E-state index in [0.29, 0.717) is 6.61 Å². The van der Waals surface area contributed by atoms with Crippen molar-refractivity contribution >= 4 is 0 Å². The first-order valence-corrected chi connectivity index (χ1v) is 4.97. The van der Waals surface area contributed by atoms with E-state index in [-0.39, 0.29) is 0 Å². The smallest absolute Gasteiger partial charge is 0.111 e. The minimum Gasteiger partial charge on any atom is -0.293 e. The van der Waals surface area contributed by atoms with Gasteiger partial charge < -0.3 is 0 Å². The van der Waals surface area contributed by atoms with Gasteiger partial charge in [0, 0.05) is 19.8 Å². The quantitative estimate of drug-likeness (QED) is 0.671. The largest absolute Gasteiger partial charge is 0.293 e. The van der Waals surface area contributed by atoms with E-state index in [0.717, 1.165) is 24.2 Å². The maximum atomic E-state index is 5.33. The van der Waals surface area contributed by atoms with Crippen LogP contribution in [-0.2, 0) is 17.9 Å². The summed E-state index contributed by atoms with van der Waals surface area (Å²) in [5.74, 6) is 0. The molecule has 0 atom stereocenters. The molecule has 0 aliphatic heterocycles. The lowest BCUT2D eigenvalue weighted by Gasteiger charge is -2.10. The lowest BCUT2D eigenvalue weighted by atomic mass is 10.2. The molecule has 1 heterocycles. The van der Waals surface area contributed by atoms with Crippen LogP contribution in [0.5, 0.6) is 0 Å². The summed E-state index contributed by atoms with van der Waals surface area (Å²) in [6.07, 6.45) is 2.17. The van der Waals surface area contributed by atoms with Crippen LogP contribution in [0.3, 0.4) is 0 Å². The fourth-order valence-corrected chi connectivity index (χ4v) is 1.20. The van der Waals surface area contributed by atoms with Crippen molar-refractivity contribution in [2.45, 2.75) is 26.4 Å². The second-order valence-corrected chi connectivity index (χ2v) is 3.46. The first kappa shape index (κ1) is 11.1. The van der Waals surface area contributed by atoms with Gasteiger partial charge in [0.05, 0.1) is 5.69 Å². The van der Waals surface area contributed by atoms with Crippen molar-refractivity contribution in [3.05, 3.63) is 29.6 Å². The van der Waals surface area contributed by atoms with Crippen LogP contribution < -0.4 is 0 Å². The highest BCUT2D eigenvalue weighted by atomic mass is 16.7. The standard InChI is InChI=1S/C11H18N2O/c1-4-6-10-7-5-8-11(12-10)9-14-13(2)3/h5,7-8H,4,6,9H2,1-3H3. The van der Waals surface area contributed by atoms with E-state index in [1.807, 2.05) is 26.2 Å². The van der Waals surface area contributed by atoms with Crippen molar-refractivity contribution in [2.24, 2.45) is 0 Å². The van der Waals surface area contributed by atoms with Crippen molar-refractivity contribution in [3.63, 3.8) is 0 Å². The first-order valence-electron chi connectivity index (χ1n) is 4.97. The maximum absolute atomic E-state index is 5.33. The van der Waals surface area contributed by atoms with Crippen LogP contribution in [0.25, 0.3) is 0 Å². The lowest BCUT2D eigenvalue weighted by molar-refractivity contribution is -0.131. The predicted molar refractivity (Wildman–Crippen MR) is 56.7 cm³/mol. The van der Waals surface area contributed by atoms with Crippen molar-refractivity contribution in [2.75, 3.05) is 14.1 Å². The Kier molecular flexibility index (Phi) is 4.56. The summed E-state index contributed by atoms with van der Waals surface area (Å²) in [6, 6.07) is 6.08. The van der Waals surface area contributed by atoms with Crippen LogP contribution in [0.1, 0.15) is 24.7 Å². The van der Waals surface area contributed by atoms with Crippen LogP contribution in [0, 0.1) is 0 Å². The summed E-state index contributed by atoms with van der Waals surface area (Å²) < 4.78 is 0. The molecule has 1 aromatic rings. The number of aryl methyl sites for hydroxylation is 1. The summed E-state index contributed by atoms with van der Waals surface area (Å²) in [4.78, 5) is 9.81. The minimum absolute atomic E-state index is 0.546. The van der Waals surface area contributed by atoms with Gasteiger partial charge in [-0.1, -0.05) is 19.4 Å². The molecule has 0 bridgehead atoms. The molecule has 1 rings (SSSR count). The molecule has 0 saturated carbocycles. The van der Waals surface area contributed by atoms with Gasteiger partial charge in [-0.05, 0) is 18.6 Å². The fraction of sp³-hybridized carbons (Fsp3) is 0.545. The van der Waals surface area contributed by atoms with Crippen molar-refractivity contribution in [1.82, 2.24) is 10.0 Å². The van der Waals surface area contributed by atoms with Gasteiger partial charge in [-0.3, -0.25) is 9.82 Å². The Morgan fingerprint density at radius 3 is 2.64 bits per heavy atom. The van der Waals surface area contributed by atoms with E-state index in [9.17, 15) is 0 Å². The number of aromatic nitrogens is 1. The molecule has 3 heteroatoms.